The van der Waals surface area contributed by atoms with E-state index in [-0.39, 0.29) is 22.6 Å². The molecule has 8 heteroatoms. The largest absolute Gasteiger partial charge is 0.478 e. The third-order valence-corrected chi connectivity index (χ3v) is 5.23. The molecule has 0 saturated carbocycles. The van der Waals surface area contributed by atoms with Gasteiger partial charge in [-0.05, 0) is 53.9 Å². The molecule has 4 rings (SSSR count). The molecule has 3 aromatic rings. The Morgan fingerprint density at radius 1 is 0.862 bits per heavy atom. The van der Waals surface area contributed by atoms with Crippen molar-refractivity contribution < 1.29 is 24.5 Å². The van der Waals surface area contributed by atoms with Crippen molar-refractivity contribution in [3.05, 3.63) is 80.8 Å². The van der Waals surface area contributed by atoms with Crippen LogP contribution in [0.1, 0.15) is 31.8 Å². The van der Waals surface area contributed by atoms with Gasteiger partial charge in [0, 0.05) is 0 Å². The molecule has 1 aliphatic heterocycles. The van der Waals surface area contributed by atoms with Gasteiger partial charge >= 0.3 is 11.9 Å². The average Bonchev–Trinajstić information content (AvgIpc) is 2.68. The summed E-state index contributed by atoms with van der Waals surface area (Å²) in [5.41, 5.74) is 2.36. The van der Waals surface area contributed by atoms with Crippen molar-refractivity contribution in [1.29, 1.82) is 0 Å². The van der Waals surface area contributed by atoms with E-state index >= 15 is 0 Å². The van der Waals surface area contributed by atoms with Crippen LogP contribution in [-0.2, 0) is 6.42 Å². The smallest absolute Gasteiger partial charge is 0.337 e. The fraction of sp³-hybridized carbons (Fsp3) is 0.0476. The number of hydrogen-bond acceptors (Lipinski definition) is 4. The normalized spacial score (nSPS) is 11.7. The minimum atomic E-state index is -1.25. The monoisotopic (exact) mass is 429 g/mol. The third kappa shape index (κ3) is 3.72. The zero-order valence-electron chi connectivity index (χ0n) is 14.7. The molecule has 0 spiro atoms. The summed E-state index contributed by atoms with van der Waals surface area (Å²) in [5, 5.41) is 22.7. The van der Waals surface area contributed by atoms with Crippen LogP contribution in [0, 0.1) is 0 Å². The zero-order valence-corrected chi connectivity index (χ0v) is 16.2. The first kappa shape index (κ1) is 19.1. The molecule has 6 nitrogen and oxygen atoms in total. The molecule has 3 aromatic carbocycles. The van der Waals surface area contributed by atoms with Gasteiger partial charge in [0.05, 0.1) is 32.5 Å². The van der Waals surface area contributed by atoms with Gasteiger partial charge < -0.3 is 20.3 Å². The topological polar surface area (TPSA) is 95.9 Å². The molecule has 1 heterocycles. The molecular weight excluding hydrogens is 417 g/mol. The van der Waals surface area contributed by atoms with E-state index in [0.29, 0.717) is 27.9 Å². The van der Waals surface area contributed by atoms with Gasteiger partial charge in [-0.1, -0.05) is 35.3 Å². The first-order chi connectivity index (χ1) is 13.8. The number of carboxylic acid groups (broad SMARTS) is 2. The SMILES string of the molecule is O=C(O)c1cc2c(c(C(=O)O)c1)Nc1cc(Cc3ccc(Cl)c(Cl)c3)ccc1O2. The third-order valence-electron chi connectivity index (χ3n) is 4.50. The molecule has 0 bridgehead atoms. The highest BCUT2D eigenvalue weighted by atomic mass is 35.5. The summed E-state index contributed by atoms with van der Waals surface area (Å²) in [6.07, 6.45) is 0.586. The second-order valence-electron chi connectivity index (χ2n) is 6.49. The summed E-state index contributed by atoms with van der Waals surface area (Å²) in [7, 11) is 0. The van der Waals surface area contributed by atoms with E-state index < -0.39 is 11.9 Å². The van der Waals surface area contributed by atoms with Crippen LogP contribution in [0.25, 0.3) is 0 Å². The number of nitrogens with one attached hydrogen (secondary N) is 1. The van der Waals surface area contributed by atoms with Crippen molar-refractivity contribution >= 4 is 46.5 Å². The molecule has 0 aromatic heterocycles. The summed E-state index contributed by atoms with van der Waals surface area (Å²) in [6.45, 7) is 0. The van der Waals surface area contributed by atoms with Crippen molar-refractivity contribution in [1.82, 2.24) is 0 Å². The number of carbonyl (C=O) groups is 2. The lowest BCUT2D eigenvalue weighted by Crippen LogP contribution is -2.11. The molecule has 0 aliphatic carbocycles. The maximum Gasteiger partial charge on any atom is 0.337 e. The van der Waals surface area contributed by atoms with Crippen LogP contribution >= 0.6 is 23.2 Å². The lowest BCUT2D eigenvalue weighted by Gasteiger charge is -2.24. The highest BCUT2D eigenvalue weighted by Crippen LogP contribution is 2.44. The quantitative estimate of drug-likeness (QED) is 0.377. The Kier molecular flexibility index (Phi) is 4.82. The van der Waals surface area contributed by atoms with E-state index in [1.165, 1.54) is 6.07 Å². The van der Waals surface area contributed by atoms with Crippen LogP contribution in [0.3, 0.4) is 0 Å². The molecule has 0 saturated heterocycles. The van der Waals surface area contributed by atoms with Crippen molar-refractivity contribution in [3.63, 3.8) is 0 Å². The number of rotatable bonds is 4. The first-order valence-corrected chi connectivity index (χ1v) is 9.24. The minimum absolute atomic E-state index is 0.145. The number of hydrogen-bond donors (Lipinski definition) is 3. The van der Waals surface area contributed by atoms with Gasteiger partial charge in [0.2, 0.25) is 0 Å². The van der Waals surface area contributed by atoms with Crippen LogP contribution in [0.15, 0.2) is 48.5 Å². The Morgan fingerprint density at radius 3 is 2.28 bits per heavy atom. The van der Waals surface area contributed by atoms with Crippen LogP contribution in [0.4, 0.5) is 11.4 Å². The summed E-state index contributed by atoms with van der Waals surface area (Å²) < 4.78 is 5.77. The van der Waals surface area contributed by atoms with Crippen molar-refractivity contribution in [2.45, 2.75) is 6.42 Å². The molecule has 1 aliphatic rings. The van der Waals surface area contributed by atoms with E-state index in [4.69, 9.17) is 27.9 Å². The second kappa shape index (κ2) is 7.31. The Bertz CT molecular complexity index is 1180. The maximum atomic E-state index is 11.6. The Labute approximate surface area is 175 Å². The lowest BCUT2D eigenvalue weighted by molar-refractivity contribution is 0.0696. The lowest BCUT2D eigenvalue weighted by atomic mass is 10.0. The van der Waals surface area contributed by atoms with Crippen molar-refractivity contribution in [3.8, 4) is 11.5 Å². The Balaban J connectivity index is 1.69. The van der Waals surface area contributed by atoms with Crippen LogP contribution in [0.2, 0.25) is 10.0 Å². The van der Waals surface area contributed by atoms with Gasteiger partial charge in [0.15, 0.2) is 11.5 Å². The fourth-order valence-electron chi connectivity index (χ4n) is 3.13. The second-order valence-corrected chi connectivity index (χ2v) is 7.30. The summed E-state index contributed by atoms with van der Waals surface area (Å²) in [5.74, 6) is -1.88. The molecule has 29 heavy (non-hydrogen) atoms. The Morgan fingerprint density at radius 2 is 1.59 bits per heavy atom. The molecule has 0 unspecified atom stereocenters. The predicted octanol–water partition coefficient (Wildman–Crippen LogP) is 5.83. The number of anilines is 2. The minimum Gasteiger partial charge on any atom is -0.478 e. The van der Waals surface area contributed by atoms with Gasteiger partial charge in [-0.25, -0.2) is 9.59 Å². The van der Waals surface area contributed by atoms with E-state index in [1.807, 2.05) is 18.2 Å². The number of ether oxygens (including phenoxy) is 1. The summed E-state index contributed by atoms with van der Waals surface area (Å²) >= 11 is 12.0. The molecule has 0 radical (unpaired) electrons. The molecule has 3 N–H and O–H groups in total. The molecular formula is C21H13Cl2NO5. The van der Waals surface area contributed by atoms with Crippen molar-refractivity contribution in [2.75, 3.05) is 5.32 Å². The van der Waals surface area contributed by atoms with Crippen molar-refractivity contribution in [2.24, 2.45) is 0 Å². The predicted molar refractivity (Wildman–Crippen MR) is 109 cm³/mol. The average molecular weight is 430 g/mol. The van der Waals surface area contributed by atoms with E-state index in [9.17, 15) is 19.8 Å². The van der Waals surface area contributed by atoms with Gasteiger partial charge in [0.1, 0.15) is 0 Å². The van der Waals surface area contributed by atoms with E-state index in [0.717, 1.165) is 17.2 Å². The summed E-state index contributed by atoms with van der Waals surface area (Å²) in [6, 6.07) is 13.3. The first-order valence-electron chi connectivity index (χ1n) is 8.48. The standard InChI is InChI=1S/C21H13Cl2NO5/c22-14-3-1-10(6-15(14)23)5-11-2-4-17-16(7-11)24-19-13(21(27)28)8-12(20(25)26)9-18(19)29-17/h1-4,6-9,24H,5H2,(H,25,26)(H,27,28). The highest BCUT2D eigenvalue weighted by Gasteiger charge is 2.25. The van der Waals surface area contributed by atoms with Crippen LogP contribution in [-0.4, -0.2) is 22.2 Å². The Hall–Kier alpha value is -3.22. The zero-order chi connectivity index (χ0) is 20.7. The highest BCUT2D eigenvalue weighted by molar-refractivity contribution is 6.42. The number of carboxylic acids is 2. The maximum absolute atomic E-state index is 11.6. The molecule has 0 fully saturated rings. The number of halogens is 2. The van der Waals surface area contributed by atoms with Gasteiger partial charge in [-0.15, -0.1) is 0 Å². The number of aromatic carboxylic acids is 2. The molecule has 146 valence electrons. The van der Waals surface area contributed by atoms with Gasteiger partial charge in [0.25, 0.3) is 0 Å². The fourth-order valence-corrected chi connectivity index (χ4v) is 3.45. The van der Waals surface area contributed by atoms with Crippen LogP contribution in [0.5, 0.6) is 11.5 Å². The molecule has 0 amide bonds. The number of benzene rings is 3. The van der Waals surface area contributed by atoms with E-state index in [1.54, 1.807) is 18.2 Å². The number of fused-ring (bicyclic) bond motifs is 2. The van der Waals surface area contributed by atoms with Gasteiger partial charge in [-0.2, -0.15) is 0 Å². The van der Waals surface area contributed by atoms with Gasteiger partial charge in [-0.3, -0.25) is 0 Å². The van der Waals surface area contributed by atoms with E-state index in [2.05, 4.69) is 5.32 Å². The summed E-state index contributed by atoms with van der Waals surface area (Å²) in [4.78, 5) is 22.9. The molecule has 0 atom stereocenters. The van der Waals surface area contributed by atoms with Crippen LogP contribution < -0.4 is 10.1 Å².